The first-order valence-corrected chi connectivity index (χ1v) is 4.48. The number of ether oxygens (including phenoxy) is 1. The number of carbonyl (C=O) groups excluding carboxylic acids is 2. The largest absolute Gasteiger partial charge is 0.456 e. The van der Waals surface area contributed by atoms with Crippen LogP contribution in [0.25, 0.3) is 0 Å². The van der Waals surface area contributed by atoms with Crippen molar-refractivity contribution in [3.8, 4) is 0 Å². The van der Waals surface area contributed by atoms with Gasteiger partial charge in [0.1, 0.15) is 0 Å². The van der Waals surface area contributed by atoms with Crippen LogP contribution in [0.5, 0.6) is 0 Å². The van der Waals surface area contributed by atoms with Crippen LogP contribution in [-0.2, 0) is 9.53 Å². The average Bonchev–Trinajstić information content (AvgIpc) is 2.26. The summed E-state index contributed by atoms with van der Waals surface area (Å²) in [6, 6.07) is 8.80. The first-order chi connectivity index (χ1) is 6.79. The molecule has 0 aromatic heterocycles. The zero-order chi connectivity index (χ0) is 10.4. The number of ketones is 1. The van der Waals surface area contributed by atoms with E-state index in [2.05, 4.69) is 4.74 Å². The van der Waals surface area contributed by atoms with Crippen molar-refractivity contribution < 1.29 is 14.3 Å². The lowest BCUT2D eigenvalue weighted by atomic mass is 10.0. The minimum absolute atomic E-state index is 0.153. The van der Waals surface area contributed by atoms with Gasteiger partial charge in [0, 0.05) is 5.56 Å². The van der Waals surface area contributed by atoms with Crippen LogP contribution in [0.15, 0.2) is 30.3 Å². The Morgan fingerprint density at radius 1 is 1.43 bits per heavy atom. The molecule has 1 atom stereocenters. The third-order valence-corrected chi connectivity index (χ3v) is 1.94. The minimum Gasteiger partial charge on any atom is -0.456 e. The highest BCUT2D eigenvalue weighted by atomic mass is 16.5. The van der Waals surface area contributed by atoms with Gasteiger partial charge in [0.05, 0.1) is 0 Å². The lowest BCUT2D eigenvalue weighted by molar-refractivity contribution is -0.131. The van der Waals surface area contributed by atoms with Gasteiger partial charge in [0.2, 0.25) is 5.78 Å². The molecule has 0 bridgehead atoms. The van der Waals surface area contributed by atoms with Crippen molar-refractivity contribution in [2.24, 2.45) is 0 Å². The molecule has 74 valence electrons. The van der Waals surface area contributed by atoms with E-state index in [4.69, 9.17) is 0 Å². The molecule has 0 heterocycles. The SMILES string of the molecule is CCC(OC=O)C(=O)c1ccccc1. The summed E-state index contributed by atoms with van der Waals surface area (Å²) >= 11 is 0. The summed E-state index contributed by atoms with van der Waals surface area (Å²) in [4.78, 5) is 21.8. The van der Waals surface area contributed by atoms with Gasteiger partial charge in [-0.15, -0.1) is 0 Å². The molecule has 0 N–H and O–H groups in total. The number of benzene rings is 1. The van der Waals surface area contributed by atoms with Gasteiger partial charge < -0.3 is 4.74 Å². The van der Waals surface area contributed by atoms with Gasteiger partial charge in [-0.25, -0.2) is 0 Å². The lowest BCUT2D eigenvalue weighted by Gasteiger charge is -2.10. The van der Waals surface area contributed by atoms with Crippen molar-refractivity contribution in [1.82, 2.24) is 0 Å². The van der Waals surface area contributed by atoms with Gasteiger partial charge >= 0.3 is 0 Å². The molecular formula is C11H12O3. The van der Waals surface area contributed by atoms with Gasteiger partial charge in [-0.3, -0.25) is 9.59 Å². The topological polar surface area (TPSA) is 43.4 Å². The Balaban J connectivity index is 2.78. The average molecular weight is 192 g/mol. The van der Waals surface area contributed by atoms with E-state index in [1.807, 2.05) is 6.07 Å². The molecule has 0 fully saturated rings. The quantitative estimate of drug-likeness (QED) is 0.528. The maximum Gasteiger partial charge on any atom is 0.293 e. The van der Waals surface area contributed by atoms with Crippen LogP contribution in [0, 0.1) is 0 Å². The molecule has 1 unspecified atom stereocenters. The van der Waals surface area contributed by atoms with Crippen LogP contribution in [-0.4, -0.2) is 18.4 Å². The Hall–Kier alpha value is -1.64. The zero-order valence-electron chi connectivity index (χ0n) is 7.97. The van der Waals surface area contributed by atoms with Gasteiger partial charge in [-0.2, -0.15) is 0 Å². The smallest absolute Gasteiger partial charge is 0.293 e. The monoisotopic (exact) mass is 192 g/mol. The molecule has 0 aliphatic carbocycles. The molecular weight excluding hydrogens is 180 g/mol. The zero-order valence-corrected chi connectivity index (χ0v) is 7.97. The third-order valence-electron chi connectivity index (χ3n) is 1.94. The van der Waals surface area contributed by atoms with Crippen molar-refractivity contribution >= 4 is 12.3 Å². The van der Waals surface area contributed by atoms with Crippen molar-refractivity contribution in [2.75, 3.05) is 0 Å². The molecule has 0 spiro atoms. The number of rotatable bonds is 5. The van der Waals surface area contributed by atoms with E-state index in [0.717, 1.165) is 0 Å². The first-order valence-electron chi connectivity index (χ1n) is 4.48. The summed E-state index contributed by atoms with van der Waals surface area (Å²) in [5.74, 6) is -0.153. The molecule has 3 heteroatoms. The lowest BCUT2D eigenvalue weighted by Crippen LogP contribution is -2.23. The Kier molecular flexibility index (Phi) is 3.85. The van der Waals surface area contributed by atoms with E-state index in [1.165, 1.54) is 0 Å². The second-order valence-corrected chi connectivity index (χ2v) is 2.86. The van der Waals surface area contributed by atoms with E-state index in [-0.39, 0.29) is 5.78 Å². The molecule has 0 aliphatic rings. The van der Waals surface area contributed by atoms with Crippen LogP contribution in [0.1, 0.15) is 23.7 Å². The van der Waals surface area contributed by atoms with E-state index in [1.54, 1.807) is 31.2 Å². The molecule has 0 aliphatic heterocycles. The van der Waals surface area contributed by atoms with Gasteiger partial charge in [-0.05, 0) is 6.42 Å². The molecule has 1 aromatic rings. The molecule has 14 heavy (non-hydrogen) atoms. The fourth-order valence-electron chi connectivity index (χ4n) is 1.20. The Morgan fingerprint density at radius 2 is 2.07 bits per heavy atom. The maximum atomic E-state index is 11.7. The van der Waals surface area contributed by atoms with Crippen molar-refractivity contribution in [3.63, 3.8) is 0 Å². The fraction of sp³-hybridized carbons (Fsp3) is 0.273. The summed E-state index contributed by atoms with van der Waals surface area (Å²) in [6.07, 6.45) is -0.165. The van der Waals surface area contributed by atoms with Crippen molar-refractivity contribution in [1.29, 1.82) is 0 Å². The Morgan fingerprint density at radius 3 is 2.57 bits per heavy atom. The normalized spacial score (nSPS) is 11.8. The highest BCUT2D eigenvalue weighted by Crippen LogP contribution is 2.08. The molecule has 0 saturated carbocycles. The van der Waals surface area contributed by atoms with Gasteiger partial charge in [0.15, 0.2) is 6.10 Å². The van der Waals surface area contributed by atoms with Crippen LogP contribution in [0.3, 0.4) is 0 Å². The highest BCUT2D eigenvalue weighted by Gasteiger charge is 2.18. The van der Waals surface area contributed by atoms with Crippen LogP contribution >= 0.6 is 0 Å². The molecule has 1 aromatic carbocycles. The summed E-state index contributed by atoms with van der Waals surface area (Å²) in [7, 11) is 0. The van der Waals surface area contributed by atoms with Gasteiger partial charge in [-0.1, -0.05) is 37.3 Å². The summed E-state index contributed by atoms with van der Waals surface area (Å²) in [6.45, 7) is 2.12. The number of carbonyl (C=O) groups is 2. The van der Waals surface area contributed by atoms with Crippen LogP contribution in [0.4, 0.5) is 0 Å². The Bertz CT molecular complexity index is 306. The second kappa shape index (κ2) is 5.17. The summed E-state index contributed by atoms with van der Waals surface area (Å²) in [5, 5.41) is 0. The molecule has 3 nitrogen and oxygen atoms in total. The fourth-order valence-corrected chi connectivity index (χ4v) is 1.20. The Labute approximate surface area is 82.7 Å². The first kappa shape index (κ1) is 10.4. The minimum atomic E-state index is -0.658. The highest BCUT2D eigenvalue weighted by molar-refractivity contribution is 5.99. The number of hydrogen-bond donors (Lipinski definition) is 0. The number of Topliss-reactive ketones (excluding diaryl/α,β-unsaturated/α-hetero) is 1. The van der Waals surface area contributed by atoms with E-state index >= 15 is 0 Å². The second-order valence-electron chi connectivity index (χ2n) is 2.86. The maximum absolute atomic E-state index is 11.7. The summed E-state index contributed by atoms with van der Waals surface area (Å²) < 4.78 is 4.68. The molecule has 1 rings (SSSR count). The van der Waals surface area contributed by atoms with E-state index < -0.39 is 6.10 Å². The van der Waals surface area contributed by atoms with Crippen LogP contribution in [0.2, 0.25) is 0 Å². The van der Waals surface area contributed by atoms with Crippen molar-refractivity contribution in [2.45, 2.75) is 19.4 Å². The number of hydrogen-bond acceptors (Lipinski definition) is 3. The standard InChI is InChI=1S/C11H12O3/c1-2-10(14-8-12)11(13)9-6-4-3-5-7-9/h3-8,10H,2H2,1H3. The van der Waals surface area contributed by atoms with Crippen molar-refractivity contribution in [3.05, 3.63) is 35.9 Å². The molecule has 0 radical (unpaired) electrons. The van der Waals surface area contributed by atoms with E-state index in [9.17, 15) is 9.59 Å². The summed E-state index contributed by atoms with van der Waals surface area (Å²) in [5.41, 5.74) is 0.571. The predicted octanol–water partition coefficient (Wildman–Crippen LogP) is 1.82. The molecule has 0 amide bonds. The molecule has 0 saturated heterocycles. The predicted molar refractivity (Wildman–Crippen MR) is 52.0 cm³/mol. The van der Waals surface area contributed by atoms with Crippen LogP contribution < -0.4 is 0 Å². The van der Waals surface area contributed by atoms with Gasteiger partial charge in [0.25, 0.3) is 6.47 Å². The van der Waals surface area contributed by atoms with E-state index in [0.29, 0.717) is 18.5 Å². The third kappa shape index (κ3) is 2.42.